The summed E-state index contributed by atoms with van der Waals surface area (Å²) in [7, 11) is -7.20. The van der Waals surface area contributed by atoms with Crippen molar-refractivity contribution in [1.29, 1.82) is 0 Å². The van der Waals surface area contributed by atoms with Gasteiger partial charge in [-0.2, -0.15) is 4.31 Å². The van der Waals surface area contributed by atoms with Crippen molar-refractivity contribution >= 4 is 19.9 Å². The highest BCUT2D eigenvalue weighted by molar-refractivity contribution is 7.90. The summed E-state index contributed by atoms with van der Waals surface area (Å²) in [5.41, 5.74) is 0.686. The van der Waals surface area contributed by atoms with E-state index in [9.17, 15) is 16.8 Å². The van der Waals surface area contributed by atoms with Gasteiger partial charge in [0.25, 0.3) is 0 Å². The maximum absolute atomic E-state index is 12.7. The Bertz CT molecular complexity index is 922. The molecule has 0 spiro atoms. The molecule has 0 saturated carbocycles. The molecule has 2 heterocycles. The Balaban J connectivity index is 1.86. The van der Waals surface area contributed by atoms with Crippen molar-refractivity contribution in [3.8, 4) is 0 Å². The second-order valence-electron chi connectivity index (χ2n) is 5.69. The number of rotatable bonds is 5. The fraction of sp³-hybridized carbons (Fsp3) is 0.429. The molecule has 2 aromatic rings. The molecule has 1 aromatic heterocycles. The first-order chi connectivity index (χ1) is 11.3. The van der Waals surface area contributed by atoms with Gasteiger partial charge in [0, 0.05) is 12.8 Å². The van der Waals surface area contributed by atoms with E-state index in [1.165, 1.54) is 4.31 Å². The molecule has 1 saturated heterocycles. The summed E-state index contributed by atoms with van der Waals surface area (Å²) in [5, 5.41) is 6.74. The average molecular weight is 371 g/mol. The van der Waals surface area contributed by atoms with E-state index < -0.39 is 31.1 Å². The summed E-state index contributed by atoms with van der Waals surface area (Å²) in [6, 6.07) is 8.25. The zero-order valence-corrected chi connectivity index (χ0v) is 14.6. The molecule has 1 atom stereocenters. The van der Waals surface area contributed by atoms with Gasteiger partial charge in [-0.3, -0.25) is 0 Å². The van der Waals surface area contributed by atoms with Gasteiger partial charge in [0.2, 0.25) is 25.8 Å². The molecule has 1 aromatic carbocycles. The SMILES string of the molecule is CS(=O)(=O)c1nnc([C@@H]2CCCN2S(=O)(=O)Cc2ccccc2)o1. The Kier molecular flexibility index (Phi) is 4.45. The second kappa shape index (κ2) is 6.26. The molecule has 0 N–H and O–H groups in total. The summed E-state index contributed by atoms with van der Waals surface area (Å²) in [6.45, 7) is 0.344. The zero-order chi connectivity index (χ0) is 17.4. The normalized spacial score (nSPS) is 19.6. The predicted molar refractivity (Wildman–Crippen MR) is 85.2 cm³/mol. The second-order valence-corrected chi connectivity index (χ2v) is 9.50. The molecule has 0 unspecified atom stereocenters. The summed E-state index contributed by atoms with van der Waals surface area (Å²) in [6.07, 6.45) is 2.12. The van der Waals surface area contributed by atoms with Gasteiger partial charge >= 0.3 is 5.22 Å². The topological polar surface area (TPSA) is 110 Å². The lowest BCUT2D eigenvalue weighted by Crippen LogP contribution is -2.31. The summed E-state index contributed by atoms with van der Waals surface area (Å²) >= 11 is 0. The number of hydrogen-bond acceptors (Lipinski definition) is 7. The van der Waals surface area contributed by atoms with Gasteiger partial charge in [0.15, 0.2) is 0 Å². The third kappa shape index (κ3) is 3.50. The quantitative estimate of drug-likeness (QED) is 0.775. The number of sulfone groups is 1. The van der Waals surface area contributed by atoms with Crippen LogP contribution in [0.4, 0.5) is 0 Å². The van der Waals surface area contributed by atoms with E-state index in [1.54, 1.807) is 24.3 Å². The number of hydrogen-bond donors (Lipinski definition) is 0. The van der Waals surface area contributed by atoms with E-state index in [1.807, 2.05) is 6.07 Å². The van der Waals surface area contributed by atoms with E-state index in [0.717, 1.165) is 6.26 Å². The minimum absolute atomic E-state index is 0.0181. The standard InChI is InChI=1S/C14H17N3O5S2/c1-23(18,19)14-16-15-13(22-14)12-8-5-9-17(12)24(20,21)10-11-6-3-2-4-7-11/h2-4,6-7,12H,5,8-10H2,1H3/t12-/m0/s1. The Labute approximate surface area is 140 Å². The number of sulfonamides is 1. The maximum Gasteiger partial charge on any atom is 0.335 e. The Morgan fingerprint density at radius 1 is 1.17 bits per heavy atom. The molecule has 1 aliphatic heterocycles. The van der Waals surface area contributed by atoms with Crippen LogP contribution >= 0.6 is 0 Å². The van der Waals surface area contributed by atoms with Gasteiger partial charge in [-0.25, -0.2) is 16.8 Å². The van der Waals surface area contributed by atoms with Crippen molar-refractivity contribution in [2.24, 2.45) is 0 Å². The van der Waals surface area contributed by atoms with Crippen molar-refractivity contribution in [3.63, 3.8) is 0 Å². The molecule has 24 heavy (non-hydrogen) atoms. The van der Waals surface area contributed by atoms with Crippen molar-refractivity contribution in [1.82, 2.24) is 14.5 Å². The van der Waals surface area contributed by atoms with Crippen LogP contribution < -0.4 is 0 Å². The first kappa shape index (κ1) is 17.1. The van der Waals surface area contributed by atoms with Crippen LogP contribution in [0.2, 0.25) is 0 Å². The van der Waals surface area contributed by atoms with Crippen LogP contribution in [-0.4, -0.2) is 44.1 Å². The minimum Gasteiger partial charge on any atom is -0.411 e. The molecule has 130 valence electrons. The molecule has 10 heteroatoms. The van der Waals surface area contributed by atoms with Crippen LogP contribution in [-0.2, 0) is 25.6 Å². The highest BCUT2D eigenvalue weighted by Gasteiger charge is 2.38. The molecule has 0 amide bonds. The minimum atomic E-state index is -3.62. The van der Waals surface area contributed by atoms with Gasteiger partial charge < -0.3 is 4.42 Å². The number of nitrogens with zero attached hydrogens (tertiary/aromatic N) is 3. The van der Waals surface area contributed by atoms with Crippen molar-refractivity contribution in [3.05, 3.63) is 41.8 Å². The van der Waals surface area contributed by atoms with Crippen molar-refractivity contribution < 1.29 is 21.3 Å². The lowest BCUT2D eigenvalue weighted by atomic mass is 10.2. The van der Waals surface area contributed by atoms with Gasteiger partial charge in [-0.05, 0) is 18.4 Å². The number of benzene rings is 1. The maximum atomic E-state index is 12.7. The third-order valence-electron chi connectivity index (χ3n) is 3.78. The smallest absolute Gasteiger partial charge is 0.335 e. The first-order valence-electron chi connectivity index (χ1n) is 7.34. The lowest BCUT2D eigenvalue weighted by molar-refractivity contribution is 0.303. The molecular weight excluding hydrogens is 354 g/mol. The summed E-state index contributed by atoms with van der Waals surface area (Å²) in [4.78, 5) is 0. The van der Waals surface area contributed by atoms with Crippen molar-refractivity contribution in [2.75, 3.05) is 12.8 Å². The predicted octanol–water partition coefficient (Wildman–Crippen LogP) is 1.14. The molecule has 0 radical (unpaired) electrons. The van der Waals surface area contributed by atoms with E-state index in [4.69, 9.17) is 4.42 Å². The summed E-state index contributed by atoms with van der Waals surface area (Å²) in [5.74, 6) is -0.109. The zero-order valence-electron chi connectivity index (χ0n) is 13.0. The van der Waals surface area contributed by atoms with Gasteiger partial charge in [-0.1, -0.05) is 35.4 Å². The highest BCUT2D eigenvalue weighted by Crippen LogP contribution is 2.34. The highest BCUT2D eigenvalue weighted by atomic mass is 32.2. The molecule has 8 nitrogen and oxygen atoms in total. The van der Waals surface area contributed by atoms with Crippen LogP contribution in [0.3, 0.4) is 0 Å². The van der Waals surface area contributed by atoms with Crippen LogP contribution in [0.1, 0.15) is 30.3 Å². The van der Waals surface area contributed by atoms with Crippen LogP contribution in [0.25, 0.3) is 0 Å². The van der Waals surface area contributed by atoms with E-state index in [0.29, 0.717) is 24.9 Å². The van der Waals surface area contributed by atoms with Crippen LogP contribution in [0, 0.1) is 0 Å². The largest absolute Gasteiger partial charge is 0.411 e. The average Bonchev–Trinajstić information content (AvgIpc) is 3.16. The van der Waals surface area contributed by atoms with Gasteiger partial charge in [0.05, 0.1) is 5.75 Å². The molecule has 1 aliphatic rings. The van der Waals surface area contributed by atoms with Gasteiger partial charge in [-0.15, -0.1) is 5.10 Å². The number of aromatic nitrogens is 2. The molecule has 0 bridgehead atoms. The van der Waals surface area contributed by atoms with E-state index in [2.05, 4.69) is 10.2 Å². The molecule has 1 fully saturated rings. The fourth-order valence-electron chi connectivity index (χ4n) is 2.69. The third-order valence-corrected chi connectivity index (χ3v) is 6.43. The first-order valence-corrected chi connectivity index (χ1v) is 10.8. The van der Waals surface area contributed by atoms with Crippen LogP contribution in [0.15, 0.2) is 40.0 Å². The Hall–Kier alpha value is -1.78. The lowest BCUT2D eigenvalue weighted by Gasteiger charge is -2.21. The Morgan fingerprint density at radius 3 is 2.50 bits per heavy atom. The summed E-state index contributed by atoms with van der Waals surface area (Å²) < 4.78 is 54.8. The molecular formula is C14H17N3O5S2. The van der Waals surface area contributed by atoms with Gasteiger partial charge in [0.1, 0.15) is 6.04 Å². The fourth-order valence-corrected chi connectivity index (χ4v) is 4.89. The van der Waals surface area contributed by atoms with E-state index >= 15 is 0 Å². The Morgan fingerprint density at radius 2 is 1.88 bits per heavy atom. The van der Waals surface area contributed by atoms with Crippen LogP contribution in [0.5, 0.6) is 0 Å². The molecule has 0 aliphatic carbocycles. The molecule has 3 rings (SSSR count). The monoisotopic (exact) mass is 371 g/mol. The van der Waals surface area contributed by atoms with E-state index in [-0.39, 0.29) is 11.6 Å². The van der Waals surface area contributed by atoms with Crippen molar-refractivity contribution in [2.45, 2.75) is 29.9 Å².